The molecule has 1 fully saturated rings. The highest BCUT2D eigenvalue weighted by Crippen LogP contribution is 2.24. The predicted molar refractivity (Wildman–Crippen MR) is 151 cm³/mol. The Labute approximate surface area is 221 Å². The fraction of sp³-hybridized carbons (Fsp3) is 0.467. The molecule has 2 aromatic rings. The van der Waals surface area contributed by atoms with Crippen LogP contribution >= 0.6 is 0 Å². The Kier molecular flexibility index (Phi) is 12.8. The van der Waals surface area contributed by atoms with Crippen molar-refractivity contribution in [2.75, 3.05) is 13.7 Å². The molecule has 7 heteroatoms. The molecule has 3 N–H and O–H groups in total. The predicted octanol–water partition coefficient (Wildman–Crippen LogP) is 5.97. The molecule has 1 aliphatic carbocycles. The Morgan fingerprint density at radius 2 is 1.89 bits per heavy atom. The van der Waals surface area contributed by atoms with E-state index >= 15 is 0 Å². The van der Waals surface area contributed by atoms with Crippen molar-refractivity contribution in [1.82, 2.24) is 9.47 Å². The summed E-state index contributed by atoms with van der Waals surface area (Å²) in [5, 5.41) is 7.00. The van der Waals surface area contributed by atoms with Gasteiger partial charge in [0, 0.05) is 44.4 Å². The van der Waals surface area contributed by atoms with Crippen LogP contribution in [0.1, 0.15) is 74.0 Å². The molecule has 6 nitrogen and oxygen atoms in total. The van der Waals surface area contributed by atoms with Crippen molar-refractivity contribution in [3.05, 3.63) is 78.1 Å². The molecule has 0 saturated heterocycles. The third kappa shape index (κ3) is 9.01. The van der Waals surface area contributed by atoms with Gasteiger partial charge in [-0.1, -0.05) is 69.7 Å². The summed E-state index contributed by atoms with van der Waals surface area (Å²) in [4.78, 5) is 19.8. The summed E-state index contributed by atoms with van der Waals surface area (Å²) < 4.78 is 14.0. The van der Waals surface area contributed by atoms with Gasteiger partial charge >= 0.3 is 0 Å². The van der Waals surface area contributed by atoms with Crippen molar-refractivity contribution in [2.24, 2.45) is 16.6 Å². The van der Waals surface area contributed by atoms with Crippen LogP contribution < -0.4 is 5.73 Å². The van der Waals surface area contributed by atoms with Crippen LogP contribution in [-0.2, 0) is 13.1 Å². The molecule has 2 heterocycles. The van der Waals surface area contributed by atoms with Crippen LogP contribution in [0.25, 0.3) is 5.70 Å². The lowest BCUT2D eigenvalue weighted by molar-refractivity contribution is 0.0746. The van der Waals surface area contributed by atoms with E-state index in [4.69, 9.17) is 10.8 Å². The second-order valence-corrected chi connectivity index (χ2v) is 9.39. The minimum absolute atomic E-state index is 0.0504. The van der Waals surface area contributed by atoms with Gasteiger partial charge in [0.25, 0.3) is 5.91 Å². The normalized spacial score (nSPS) is 17.1. The van der Waals surface area contributed by atoms with Crippen molar-refractivity contribution in [3.8, 4) is 0 Å². The average Bonchev–Trinajstić information content (AvgIpc) is 3.55. The number of benzene rings is 1. The van der Waals surface area contributed by atoms with Gasteiger partial charge in [-0.25, -0.2) is 9.38 Å². The van der Waals surface area contributed by atoms with E-state index in [0.717, 1.165) is 75.5 Å². The molecule has 1 aliphatic heterocycles. The highest BCUT2D eigenvalue weighted by molar-refractivity contribution is 5.95. The summed E-state index contributed by atoms with van der Waals surface area (Å²) in [5.41, 5.74) is 9.63. The monoisotopic (exact) mass is 510 g/mol. The van der Waals surface area contributed by atoms with Crippen LogP contribution in [0.2, 0.25) is 0 Å². The van der Waals surface area contributed by atoms with E-state index < -0.39 is 6.17 Å². The first-order chi connectivity index (χ1) is 17.9. The first-order valence-electron chi connectivity index (χ1n) is 13.2. The quantitative estimate of drug-likeness (QED) is 0.273. The van der Waals surface area contributed by atoms with E-state index in [2.05, 4.69) is 37.6 Å². The highest BCUT2D eigenvalue weighted by atomic mass is 19.1. The van der Waals surface area contributed by atoms with E-state index in [1.807, 2.05) is 46.0 Å². The van der Waals surface area contributed by atoms with E-state index in [-0.39, 0.29) is 11.8 Å². The number of aliphatic hydroxyl groups is 1. The molecular formula is C30H43FN4O2. The molecule has 1 amide bonds. The number of aromatic nitrogens is 1. The van der Waals surface area contributed by atoms with Crippen molar-refractivity contribution in [3.63, 3.8) is 0 Å². The van der Waals surface area contributed by atoms with Crippen LogP contribution in [0.3, 0.4) is 0 Å². The zero-order valence-corrected chi connectivity index (χ0v) is 22.6. The topological polar surface area (TPSA) is 83.8 Å². The lowest BCUT2D eigenvalue weighted by Gasteiger charge is -2.20. The summed E-state index contributed by atoms with van der Waals surface area (Å²) in [6.07, 6.45) is 10.8. The number of alkyl halides is 1. The minimum Gasteiger partial charge on any atom is -0.400 e. The van der Waals surface area contributed by atoms with Gasteiger partial charge in [-0.2, -0.15) is 0 Å². The molecule has 2 aliphatic rings. The molecule has 4 rings (SSSR count). The van der Waals surface area contributed by atoms with Crippen molar-refractivity contribution in [2.45, 2.75) is 71.6 Å². The third-order valence-corrected chi connectivity index (χ3v) is 6.67. The van der Waals surface area contributed by atoms with Crippen molar-refractivity contribution >= 4 is 17.4 Å². The Morgan fingerprint density at radius 3 is 2.46 bits per heavy atom. The maximum absolute atomic E-state index is 13.2. The molecule has 37 heavy (non-hydrogen) atoms. The first-order valence-corrected chi connectivity index (χ1v) is 13.2. The van der Waals surface area contributed by atoms with Gasteiger partial charge in [-0.3, -0.25) is 4.79 Å². The maximum Gasteiger partial charge on any atom is 0.270 e. The maximum atomic E-state index is 13.2. The number of carbonyl (C=O) groups is 1. The zero-order valence-electron chi connectivity index (χ0n) is 22.6. The fourth-order valence-corrected chi connectivity index (χ4v) is 4.31. The Bertz CT molecular complexity index is 1040. The second-order valence-electron chi connectivity index (χ2n) is 9.39. The fourth-order valence-electron chi connectivity index (χ4n) is 4.31. The number of amidine groups is 1. The number of fused-ring (bicyclic) bond motifs is 1. The molecule has 202 valence electrons. The smallest absolute Gasteiger partial charge is 0.270 e. The van der Waals surface area contributed by atoms with Gasteiger partial charge in [0.2, 0.25) is 0 Å². The standard InChI is InChI=1S/C24H30N4O.C5H9F.CH4O/c1-4-10-21(26-23(25)18(3)5-2)20-15-22-24(29)28(14-9-13-27(22)17-20)16-19-11-7-6-8-12-19;6-5-3-1-2-4-5;1-2/h4,6-8,10-12,15,17-18H,1,5,9,13-14,16H2,2-3H3,(H2,25,26);5H,1-4H2;2H,1H3/b21-10-;;. The Hall–Kier alpha value is -3.19. The summed E-state index contributed by atoms with van der Waals surface area (Å²) in [5.74, 6) is 0.847. The molecule has 1 aromatic heterocycles. The number of amides is 1. The van der Waals surface area contributed by atoms with Gasteiger partial charge in [-0.15, -0.1) is 0 Å². The van der Waals surface area contributed by atoms with Crippen molar-refractivity contribution < 1.29 is 14.3 Å². The van der Waals surface area contributed by atoms with Gasteiger partial charge < -0.3 is 20.3 Å². The van der Waals surface area contributed by atoms with Gasteiger partial charge in [0.15, 0.2) is 0 Å². The number of nitrogens with two attached hydrogens (primary N) is 1. The van der Waals surface area contributed by atoms with Crippen LogP contribution in [-0.4, -0.2) is 46.1 Å². The van der Waals surface area contributed by atoms with Gasteiger partial charge in [0.05, 0.1) is 5.70 Å². The highest BCUT2D eigenvalue weighted by Gasteiger charge is 2.24. The van der Waals surface area contributed by atoms with Crippen LogP contribution in [0.5, 0.6) is 0 Å². The Morgan fingerprint density at radius 1 is 1.22 bits per heavy atom. The third-order valence-electron chi connectivity index (χ3n) is 6.67. The second kappa shape index (κ2) is 15.8. The number of halogens is 1. The molecular weight excluding hydrogens is 467 g/mol. The van der Waals surface area contributed by atoms with Crippen molar-refractivity contribution in [1.29, 1.82) is 0 Å². The average molecular weight is 511 g/mol. The van der Waals surface area contributed by atoms with E-state index in [1.54, 1.807) is 6.08 Å². The van der Waals surface area contributed by atoms with Crippen LogP contribution in [0.4, 0.5) is 4.39 Å². The zero-order chi connectivity index (χ0) is 27.2. The van der Waals surface area contributed by atoms with Crippen LogP contribution in [0.15, 0.2) is 66.3 Å². The number of rotatable bonds is 7. The van der Waals surface area contributed by atoms with E-state index in [1.165, 1.54) is 0 Å². The molecule has 0 bridgehead atoms. The van der Waals surface area contributed by atoms with E-state index in [0.29, 0.717) is 18.1 Å². The number of aryl methyl sites for hydroxylation is 1. The molecule has 0 spiro atoms. The number of hydrogen-bond donors (Lipinski definition) is 2. The minimum atomic E-state index is -0.454. The lowest BCUT2D eigenvalue weighted by atomic mass is 10.1. The SMILES string of the molecule is C=C/C=C(\N=C(N)C(C)CC)c1cc2n(c1)CCCN(Cc1ccccc1)C2=O.CO.FC1CCCC1. The Balaban J connectivity index is 0.000000519. The largest absolute Gasteiger partial charge is 0.400 e. The lowest BCUT2D eigenvalue weighted by Crippen LogP contribution is -2.30. The first kappa shape index (κ1) is 30.0. The van der Waals surface area contributed by atoms with Gasteiger partial charge in [-0.05, 0) is 43.4 Å². The van der Waals surface area contributed by atoms with E-state index in [9.17, 15) is 9.18 Å². The molecule has 1 saturated carbocycles. The molecule has 1 unspecified atom stereocenters. The summed E-state index contributed by atoms with van der Waals surface area (Å²) >= 11 is 0. The number of aliphatic hydroxyl groups excluding tert-OH is 1. The number of nitrogens with zero attached hydrogens (tertiary/aromatic N) is 3. The summed E-state index contributed by atoms with van der Waals surface area (Å²) in [6.45, 7) is 10.1. The molecule has 1 aromatic carbocycles. The number of hydrogen-bond acceptors (Lipinski definition) is 3. The van der Waals surface area contributed by atoms with Gasteiger partial charge in [0.1, 0.15) is 17.7 Å². The number of aliphatic imine (C=N–C) groups is 1. The number of carbonyl (C=O) groups excluding carboxylic acids is 1. The summed E-state index contributed by atoms with van der Waals surface area (Å²) in [6, 6.07) is 12.0. The molecule has 0 radical (unpaired) electrons. The number of allylic oxidation sites excluding steroid dienone is 2. The molecule has 1 atom stereocenters. The summed E-state index contributed by atoms with van der Waals surface area (Å²) in [7, 11) is 1.00. The van der Waals surface area contributed by atoms with Crippen LogP contribution in [0, 0.1) is 5.92 Å².